The molecular formula is C13H20N4O3S. The Labute approximate surface area is 124 Å². The van der Waals surface area contributed by atoms with E-state index in [4.69, 9.17) is 16.9 Å². The largest absolute Gasteiger partial charge is 0.369 e. The van der Waals surface area contributed by atoms with Crippen molar-refractivity contribution in [2.24, 2.45) is 11.5 Å². The standard InChI is InChI=1S/C13H20N4O3S/c1-3-4-11(12(14)18)17(13(15)16)21(19,20)10-7-5-9(2)6-8-10/h5-8,11H,3-4H2,1-2H3,(H2,14,18)(H3,15,16). The zero-order valence-electron chi connectivity index (χ0n) is 12.0. The molecule has 1 rings (SSSR count). The molecule has 0 saturated heterocycles. The SMILES string of the molecule is CCCC(C(N)=O)N(C(=N)N)S(=O)(=O)c1ccc(C)cc1. The molecule has 1 unspecified atom stereocenters. The molecule has 116 valence electrons. The van der Waals surface area contributed by atoms with Crippen molar-refractivity contribution < 1.29 is 13.2 Å². The molecule has 0 saturated carbocycles. The first-order valence-corrected chi connectivity index (χ1v) is 7.90. The Morgan fingerprint density at radius 3 is 2.19 bits per heavy atom. The van der Waals surface area contributed by atoms with Crippen LogP contribution in [0.5, 0.6) is 0 Å². The molecule has 1 amide bonds. The smallest absolute Gasteiger partial charge is 0.267 e. The summed E-state index contributed by atoms with van der Waals surface area (Å²) in [5, 5.41) is 7.52. The molecule has 0 bridgehead atoms. The van der Waals surface area contributed by atoms with Gasteiger partial charge in [0.05, 0.1) is 4.90 Å². The lowest BCUT2D eigenvalue weighted by atomic mass is 10.1. The van der Waals surface area contributed by atoms with Gasteiger partial charge >= 0.3 is 0 Å². The van der Waals surface area contributed by atoms with E-state index in [0.717, 1.165) is 5.56 Å². The number of hydrogen-bond donors (Lipinski definition) is 3. The number of nitrogens with zero attached hydrogens (tertiary/aromatic N) is 1. The molecule has 21 heavy (non-hydrogen) atoms. The fraction of sp³-hybridized carbons (Fsp3) is 0.385. The summed E-state index contributed by atoms with van der Waals surface area (Å²) in [5.41, 5.74) is 11.5. The Bertz CT molecular complexity index is 625. The van der Waals surface area contributed by atoms with Crippen LogP contribution in [-0.2, 0) is 14.8 Å². The highest BCUT2D eigenvalue weighted by molar-refractivity contribution is 7.89. The summed E-state index contributed by atoms with van der Waals surface area (Å²) in [6, 6.07) is 4.91. The van der Waals surface area contributed by atoms with Gasteiger partial charge in [0.1, 0.15) is 6.04 Å². The van der Waals surface area contributed by atoms with Gasteiger partial charge < -0.3 is 11.5 Å². The van der Waals surface area contributed by atoms with Crippen molar-refractivity contribution in [2.45, 2.75) is 37.6 Å². The Kier molecular flexibility index (Phi) is 5.31. The maximum Gasteiger partial charge on any atom is 0.267 e. The number of carbonyl (C=O) groups excluding carboxylic acids is 1. The highest BCUT2D eigenvalue weighted by Crippen LogP contribution is 2.20. The van der Waals surface area contributed by atoms with Crippen molar-refractivity contribution in [3.8, 4) is 0 Å². The molecule has 0 spiro atoms. The summed E-state index contributed by atoms with van der Waals surface area (Å²) in [7, 11) is -4.10. The number of rotatable bonds is 6. The molecule has 5 N–H and O–H groups in total. The second kappa shape index (κ2) is 6.57. The number of nitrogens with two attached hydrogens (primary N) is 2. The molecular weight excluding hydrogens is 292 g/mol. The fourth-order valence-corrected chi connectivity index (χ4v) is 3.45. The minimum atomic E-state index is -4.10. The van der Waals surface area contributed by atoms with Crippen LogP contribution in [0.4, 0.5) is 0 Å². The topological polar surface area (TPSA) is 130 Å². The maximum atomic E-state index is 12.6. The van der Waals surface area contributed by atoms with E-state index in [0.29, 0.717) is 10.7 Å². The van der Waals surface area contributed by atoms with E-state index >= 15 is 0 Å². The molecule has 0 heterocycles. The lowest BCUT2D eigenvalue weighted by Crippen LogP contribution is -2.53. The van der Waals surface area contributed by atoms with E-state index in [-0.39, 0.29) is 11.3 Å². The Hall–Kier alpha value is -2.09. The number of hydrogen-bond acceptors (Lipinski definition) is 4. The molecule has 1 aromatic carbocycles. The number of carbonyl (C=O) groups is 1. The van der Waals surface area contributed by atoms with Crippen molar-refractivity contribution >= 4 is 21.9 Å². The molecule has 1 atom stereocenters. The summed E-state index contributed by atoms with van der Waals surface area (Å²) in [6.07, 6.45) is 0.723. The quantitative estimate of drug-likeness (QED) is 0.522. The van der Waals surface area contributed by atoms with Crippen LogP contribution in [0.25, 0.3) is 0 Å². The normalized spacial score (nSPS) is 12.7. The molecule has 1 aromatic rings. The third-order valence-corrected chi connectivity index (χ3v) is 4.83. The van der Waals surface area contributed by atoms with Gasteiger partial charge in [0, 0.05) is 0 Å². The van der Waals surface area contributed by atoms with E-state index in [1.807, 2.05) is 6.92 Å². The number of amides is 1. The minimum Gasteiger partial charge on any atom is -0.369 e. The lowest BCUT2D eigenvalue weighted by molar-refractivity contribution is -0.121. The van der Waals surface area contributed by atoms with Gasteiger partial charge in [-0.1, -0.05) is 31.0 Å². The first-order valence-electron chi connectivity index (χ1n) is 6.46. The van der Waals surface area contributed by atoms with Gasteiger partial charge in [-0.2, -0.15) is 0 Å². The number of primary amides is 1. The third-order valence-electron chi connectivity index (χ3n) is 2.99. The van der Waals surface area contributed by atoms with Crippen LogP contribution in [0.3, 0.4) is 0 Å². The summed E-state index contributed by atoms with van der Waals surface area (Å²) in [4.78, 5) is 11.5. The highest BCUT2D eigenvalue weighted by Gasteiger charge is 2.35. The van der Waals surface area contributed by atoms with Gasteiger partial charge in [-0.25, -0.2) is 12.7 Å². The predicted octanol–water partition coefficient (Wildman–Crippen LogP) is 0.533. The van der Waals surface area contributed by atoms with Crippen LogP contribution >= 0.6 is 0 Å². The van der Waals surface area contributed by atoms with E-state index in [2.05, 4.69) is 0 Å². The van der Waals surface area contributed by atoms with E-state index in [9.17, 15) is 13.2 Å². The van der Waals surface area contributed by atoms with Gasteiger partial charge in [0.15, 0.2) is 0 Å². The van der Waals surface area contributed by atoms with Crippen LogP contribution in [0.15, 0.2) is 29.2 Å². The van der Waals surface area contributed by atoms with Crippen molar-refractivity contribution in [1.29, 1.82) is 5.41 Å². The van der Waals surface area contributed by atoms with Crippen molar-refractivity contribution in [3.63, 3.8) is 0 Å². The predicted molar refractivity (Wildman–Crippen MR) is 80.0 cm³/mol. The van der Waals surface area contributed by atoms with Gasteiger partial charge in [-0.15, -0.1) is 0 Å². The number of sulfonamides is 1. The zero-order valence-corrected chi connectivity index (χ0v) is 12.9. The fourth-order valence-electron chi connectivity index (χ4n) is 1.94. The molecule has 0 radical (unpaired) electrons. The average Bonchev–Trinajstić information content (AvgIpc) is 2.37. The van der Waals surface area contributed by atoms with E-state index in [1.54, 1.807) is 19.1 Å². The zero-order chi connectivity index (χ0) is 16.2. The summed E-state index contributed by atoms with van der Waals surface area (Å²) in [5.74, 6) is -1.56. The molecule has 0 aromatic heterocycles. The number of aryl methyl sites for hydroxylation is 1. The molecule has 0 aliphatic heterocycles. The Morgan fingerprint density at radius 1 is 1.29 bits per heavy atom. The lowest BCUT2D eigenvalue weighted by Gasteiger charge is -2.28. The summed E-state index contributed by atoms with van der Waals surface area (Å²) in [6.45, 7) is 3.61. The maximum absolute atomic E-state index is 12.6. The molecule has 0 fully saturated rings. The van der Waals surface area contributed by atoms with Crippen molar-refractivity contribution in [3.05, 3.63) is 29.8 Å². The van der Waals surface area contributed by atoms with Gasteiger partial charge in [-0.3, -0.25) is 10.2 Å². The first-order chi connectivity index (χ1) is 9.71. The van der Waals surface area contributed by atoms with E-state index < -0.39 is 27.9 Å². The van der Waals surface area contributed by atoms with Gasteiger partial charge in [-0.05, 0) is 25.5 Å². The van der Waals surface area contributed by atoms with E-state index in [1.165, 1.54) is 12.1 Å². The molecule has 8 heteroatoms. The molecule has 0 aliphatic carbocycles. The summed E-state index contributed by atoms with van der Waals surface area (Å²) < 4.78 is 25.8. The number of benzene rings is 1. The van der Waals surface area contributed by atoms with Crippen LogP contribution < -0.4 is 11.5 Å². The van der Waals surface area contributed by atoms with Crippen LogP contribution in [-0.4, -0.2) is 30.6 Å². The van der Waals surface area contributed by atoms with Gasteiger partial charge in [0.2, 0.25) is 11.9 Å². The second-order valence-corrected chi connectivity index (χ2v) is 6.52. The van der Waals surface area contributed by atoms with Crippen molar-refractivity contribution in [1.82, 2.24) is 4.31 Å². The second-order valence-electron chi connectivity index (χ2n) is 4.71. The third kappa shape index (κ3) is 3.72. The van der Waals surface area contributed by atoms with Crippen LogP contribution in [0.2, 0.25) is 0 Å². The Balaban J connectivity index is 3.35. The van der Waals surface area contributed by atoms with Gasteiger partial charge in [0.25, 0.3) is 10.0 Å². The monoisotopic (exact) mass is 312 g/mol. The molecule has 0 aliphatic rings. The highest BCUT2D eigenvalue weighted by atomic mass is 32.2. The minimum absolute atomic E-state index is 0.0364. The number of guanidine groups is 1. The van der Waals surface area contributed by atoms with Crippen LogP contribution in [0, 0.1) is 12.3 Å². The number of nitrogens with one attached hydrogen (secondary N) is 1. The first kappa shape index (κ1) is 17.0. The average molecular weight is 312 g/mol. The van der Waals surface area contributed by atoms with Crippen molar-refractivity contribution in [2.75, 3.05) is 0 Å². The summed E-state index contributed by atoms with van der Waals surface area (Å²) >= 11 is 0. The molecule has 7 nitrogen and oxygen atoms in total. The van der Waals surface area contributed by atoms with Crippen LogP contribution in [0.1, 0.15) is 25.3 Å². The Morgan fingerprint density at radius 2 is 1.81 bits per heavy atom.